The number of halogens is 1. The van der Waals surface area contributed by atoms with Crippen LogP contribution in [0.3, 0.4) is 0 Å². The van der Waals surface area contributed by atoms with E-state index in [0.717, 1.165) is 30.4 Å². The second kappa shape index (κ2) is 7.79. The first-order valence-electron chi connectivity index (χ1n) is 8.97. The Hall–Kier alpha value is -2.20. The number of rotatable bonds is 7. The molecule has 0 spiro atoms. The van der Waals surface area contributed by atoms with Gasteiger partial charge < -0.3 is 5.32 Å². The summed E-state index contributed by atoms with van der Waals surface area (Å²) in [6, 6.07) is 14.5. The zero-order chi connectivity index (χ0) is 17.8. The van der Waals surface area contributed by atoms with Gasteiger partial charge in [-0.15, -0.1) is 0 Å². The van der Waals surface area contributed by atoms with E-state index in [9.17, 15) is 9.18 Å². The maximum Gasteiger partial charge on any atom is 0.237 e. The molecule has 2 N–H and O–H groups in total. The maximum absolute atomic E-state index is 13.7. The Morgan fingerprint density at radius 2 is 1.88 bits per heavy atom. The maximum atomic E-state index is 13.7. The highest BCUT2D eigenvalue weighted by Crippen LogP contribution is 2.24. The van der Waals surface area contributed by atoms with Crippen molar-refractivity contribution in [1.82, 2.24) is 10.6 Å². The molecule has 0 bridgehead atoms. The molecule has 2 aromatic rings. The van der Waals surface area contributed by atoms with Gasteiger partial charge in [0.05, 0.1) is 12.1 Å². The second-order valence-corrected chi connectivity index (χ2v) is 6.75. The monoisotopic (exact) mass is 340 g/mol. The summed E-state index contributed by atoms with van der Waals surface area (Å²) in [5, 5.41) is 6.38. The Bertz CT molecular complexity index is 725. The highest BCUT2D eigenvalue weighted by atomic mass is 19.1. The molecular formula is C21H25FN2O. The lowest BCUT2D eigenvalue weighted by Crippen LogP contribution is -2.44. The van der Waals surface area contributed by atoms with Crippen LogP contribution in [0.5, 0.6) is 0 Å². The minimum atomic E-state index is -0.361. The van der Waals surface area contributed by atoms with Crippen molar-refractivity contribution < 1.29 is 9.18 Å². The van der Waals surface area contributed by atoms with Gasteiger partial charge in [-0.1, -0.05) is 43.3 Å². The number of amides is 1. The van der Waals surface area contributed by atoms with Crippen molar-refractivity contribution in [3.05, 3.63) is 71.0 Å². The van der Waals surface area contributed by atoms with Gasteiger partial charge in [-0.05, 0) is 55.0 Å². The molecule has 0 heterocycles. The van der Waals surface area contributed by atoms with Gasteiger partial charge in [-0.25, -0.2) is 4.39 Å². The fourth-order valence-corrected chi connectivity index (χ4v) is 2.90. The molecule has 1 aliphatic rings. The lowest BCUT2D eigenvalue weighted by Gasteiger charge is -2.24. The molecule has 0 radical (unpaired) electrons. The predicted octanol–water partition coefficient (Wildman–Crippen LogP) is 3.73. The zero-order valence-electron chi connectivity index (χ0n) is 14.8. The van der Waals surface area contributed by atoms with Crippen LogP contribution < -0.4 is 10.6 Å². The van der Waals surface area contributed by atoms with E-state index in [4.69, 9.17) is 0 Å². The third kappa shape index (κ3) is 4.67. The molecule has 0 aromatic heterocycles. The van der Waals surface area contributed by atoms with E-state index in [1.807, 2.05) is 25.1 Å². The van der Waals surface area contributed by atoms with Crippen molar-refractivity contribution in [2.75, 3.05) is 0 Å². The normalized spacial score (nSPS) is 16.3. The van der Waals surface area contributed by atoms with E-state index in [1.54, 1.807) is 6.07 Å². The van der Waals surface area contributed by atoms with Crippen LogP contribution in [-0.4, -0.2) is 18.0 Å². The smallest absolute Gasteiger partial charge is 0.237 e. The van der Waals surface area contributed by atoms with Crippen molar-refractivity contribution in [2.24, 2.45) is 0 Å². The van der Waals surface area contributed by atoms with Crippen LogP contribution in [0, 0.1) is 5.82 Å². The van der Waals surface area contributed by atoms with Crippen LogP contribution in [0.15, 0.2) is 48.5 Å². The lowest BCUT2D eigenvalue weighted by molar-refractivity contribution is -0.123. The summed E-state index contributed by atoms with van der Waals surface area (Å²) in [5.41, 5.74) is 3.09. The largest absolute Gasteiger partial charge is 0.352 e. The molecule has 2 atom stereocenters. The molecule has 1 fully saturated rings. The summed E-state index contributed by atoms with van der Waals surface area (Å²) in [6.07, 6.45) is 3.09. The molecule has 1 saturated carbocycles. The number of nitrogens with one attached hydrogen (secondary N) is 2. The third-order valence-corrected chi connectivity index (χ3v) is 4.64. The van der Waals surface area contributed by atoms with Crippen LogP contribution in [0.2, 0.25) is 0 Å². The zero-order valence-corrected chi connectivity index (χ0v) is 14.8. The molecule has 2 aromatic carbocycles. The Morgan fingerprint density at radius 1 is 1.16 bits per heavy atom. The van der Waals surface area contributed by atoms with Crippen molar-refractivity contribution in [3.63, 3.8) is 0 Å². The highest BCUT2D eigenvalue weighted by molar-refractivity contribution is 5.82. The topological polar surface area (TPSA) is 41.1 Å². The van der Waals surface area contributed by atoms with E-state index in [2.05, 4.69) is 29.7 Å². The van der Waals surface area contributed by atoms with Gasteiger partial charge >= 0.3 is 0 Å². The summed E-state index contributed by atoms with van der Waals surface area (Å²) < 4.78 is 13.7. The van der Waals surface area contributed by atoms with E-state index in [1.165, 1.54) is 17.7 Å². The molecule has 1 aliphatic carbocycles. The molecule has 0 aliphatic heterocycles. The van der Waals surface area contributed by atoms with E-state index < -0.39 is 0 Å². The van der Waals surface area contributed by atoms with Crippen molar-refractivity contribution in [3.8, 4) is 0 Å². The van der Waals surface area contributed by atoms with Crippen LogP contribution in [0.4, 0.5) is 4.39 Å². The average molecular weight is 340 g/mol. The number of carbonyl (C=O) groups is 1. The van der Waals surface area contributed by atoms with Crippen molar-refractivity contribution in [2.45, 2.75) is 51.2 Å². The molecule has 25 heavy (non-hydrogen) atoms. The second-order valence-electron chi connectivity index (χ2n) is 6.75. The molecule has 0 saturated heterocycles. The fourth-order valence-electron chi connectivity index (χ4n) is 2.90. The summed E-state index contributed by atoms with van der Waals surface area (Å²) in [6.45, 7) is 3.96. The first kappa shape index (κ1) is 17.6. The summed E-state index contributed by atoms with van der Waals surface area (Å²) >= 11 is 0. The summed E-state index contributed by atoms with van der Waals surface area (Å²) in [5.74, 6) is -0.279. The Labute approximate surface area is 148 Å². The SMILES string of the molecule is CCc1ccc([C@@H](N[C@@H](C)C(=O)NC2CC2)c2cccc(F)c2)cc1. The molecule has 3 rings (SSSR count). The Balaban J connectivity index is 1.83. The van der Waals surface area contributed by atoms with Gasteiger partial charge in [0.1, 0.15) is 5.82 Å². The Morgan fingerprint density at radius 3 is 2.48 bits per heavy atom. The predicted molar refractivity (Wildman–Crippen MR) is 97.8 cm³/mol. The lowest BCUT2D eigenvalue weighted by atomic mass is 9.96. The van der Waals surface area contributed by atoms with Gasteiger partial charge in [-0.2, -0.15) is 0 Å². The third-order valence-electron chi connectivity index (χ3n) is 4.64. The Kier molecular flexibility index (Phi) is 5.49. The molecule has 1 amide bonds. The van der Waals surface area contributed by atoms with Gasteiger partial charge in [0.2, 0.25) is 5.91 Å². The summed E-state index contributed by atoms with van der Waals surface area (Å²) in [4.78, 5) is 12.3. The molecule has 3 nitrogen and oxygen atoms in total. The fraction of sp³-hybridized carbons (Fsp3) is 0.381. The quantitative estimate of drug-likeness (QED) is 0.806. The molecular weight excluding hydrogens is 315 g/mol. The van der Waals surface area contributed by atoms with Gasteiger partial charge in [0.25, 0.3) is 0 Å². The van der Waals surface area contributed by atoms with Crippen molar-refractivity contribution in [1.29, 1.82) is 0 Å². The van der Waals surface area contributed by atoms with Crippen LogP contribution >= 0.6 is 0 Å². The highest BCUT2D eigenvalue weighted by Gasteiger charge is 2.27. The average Bonchev–Trinajstić information content (AvgIpc) is 3.43. The van der Waals surface area contributed by atoms with E-state index in [0.29, 0.717) is 6.04 Å². The van der Waals surface area contributed by atoms with Gasteiger partial charge in [-0.3, -0.25) is 10.1 Å². The van der Waals surface area contributed by atoms with E-state index >= 15 is 0 Å². The first-order valence-corrected chi connectivity index (χ1v) is 8.97. The van der Waals surface area contributed by atoms with Gasteiger partial charge in [0, 0.05) is 6.04 Å². The number of benzene rings is 2. The molecule has 4 heteroatoms. The minimum Gasteiger partial charge on any atom is -0.352 e. The standard InChI is InChI=1S/C21H25FN2O/c1-3-15-7-9-16(10-8-15)20(17-5-4-6-18(22)13-17)23-14(2)21(25)24-19-11-12-19/h4-10,13-14,19-20,23H,3,11-12H2,1-2H3,(H,24,25)/t14-,20+/m0/s1. The minimum absolute atomic E-state index is 0.00548. The van der Waals surface area contributed by atoms with Crippen LogP contribution in [-0.2, 0) is 11.2 Å². The number of hydrogen-bond acceptors (Lipinski definition) is 2. The first-order chi connectivity index (χ1) is 12.1. The van der Waals surface area contributed by atoms with E-state index in [-0.39, 0.29) is 23.8 Å². The number of hydrogen-bond donors (Lipinski definition) is 2. The van der Waals surface area contributed by atoms with Gasteiger partial charge in [0.15, 0.2) is 0 Å². The number of carbonyl (C=O) groups excluding carboxylic acids is 1. The molecule has 132 valence electrons. The van der Waals surface area contributed by atoms with Crippen LogP contribution in [0.1, 0.15) is 49.4 Å². The van der Waals surface area contributed by atoms with Crippen LogP contribution in [0.25, 0.3) is 0 Å². The summed E-state index contributed by atoms with van der Waals surface area (Å²) in [7, 11) is 0. The van der Waals surface area contributed by atoms with Crippen molar-refractivity contribution >= 4 is 5.91 Å². The number of aryl methyl sites for hydroxylation is 1. The molecule has 0 unspecified atom stereocenters.